The lowest BCUT2D eigenvalue weighted by Gasteiger charge is -2.14. The molecule has 1 atom stereocenters. The minimum absolute atomic E-state index is 0.347. The Morgan fingerprint density at radius 2 is 1.71 bits per heavy atom. The van der Waals surface area contributed by atoms with E-state index in [1.165, 1.54) is 6.07 Å². The first kappa shape index (κ1) is 15.5. The zero-order valence-corrected chi connectivity index (χ0v) is 12.5. The van der Waals surface area contributed by atoms with Crippen LogP contribution in [0.5, 0.6) is 0 Å². The lowest BCUT2D eigenvalue weighted by Crippen LogP contribution is -2.15. The van der Waals surface area contributed by atoms with Crippen LogP contribution in [0.2, 0.25) is 0 Å². The van der Waals surface area contributed by atoms with Crippen molar-refractivity contribution in [3.8, 4) is 11.4 Å². The van der Waals surface area contributed by atoms with Crippen LogP contribution in [-0.4, -0.2) is 16.5 Å². The maximum atomic E-state index is 13.3. The third kappa shape index (κ3) is 3.42. The van der Waals surface area contributed by atoms with Gasteiger partial charge in [-0.2, -0.15) is 0 Å². The van der Waals surface area contributed by atoms with Crippen molar-refractivity contribution in [2.24, 2.45) is 11.7 Å². The number of aromatic nitrogens is 2. The third-order valence-corrected chi connectivity index (χ3v) is 3.55. The van der Waals surface area contributed by atoms with Crippen LogP contribution in [0.4, 0.5) is 8.78 Å². The molecule has 0 saturated carbocycles. The van der Waals surface area contributed by atoms with Gasteiger partial charge in [-0.1, -0.05) is 6.92 Å². The van der Waals surface area contributed by atoms with Crippen molar-refractivity contribution in [2.45, 2.75) is 27.2 Å². The van der Waals surface area contributed by atoms with E-state index < -0.39 is 11.6 Å². The van der Waals surface area contributed by atoms with Crippen molar-refractivity contribution in [3.05, 3.63) is 46.8 Å². The summed E-state index contributed by atoms with van der Waals surface area (Å²) in [5, 5.41) is 0. The second-order valence-corrected chi connectivity index (χ2v) is 5.37. The molecule has 0 radical (unpaired) electrons. The second kappa shape index (κ2) is 6.26. The molecule has 2 N–H and O–H groups in total. The van der Waals surface area contributed by atoms with Gasteiger partial charge in [0.1, 0.15) is 0 Å². The maximum Gasteiger partial charge on any atom is 0.159 e. The van der Waals surface area contributed by atoms with Gasteiger partial charge in [0, 0.05) is 17.0 Å². The Morgan fingerprint density at radius 1 is 1.10 bits per heavy atom. The zero-order chi connectivity index (χ0) is 15.6. The summed E-state index contributed by atoms with van der Waals surface area (Å²) >= 11 is 0. The van der Waals surface area contributed by atoms with Gasteiger partial charge in [0.2, 0.25) is 0 Å². The zero-order valence-electron chi connectivity index (χ0n) is 12.5. The van der Waals surface area contributed by atoms with Crippen LogP contribution in [-0.2, 0) is 6.42 Å². The molecule has 3 nitrogen and oxygen atoms in total. The number of nitrogens with two attached hydrogens (primary N) is 1. The summed E-state index contributed by atoms with van der Waals surface area (Å²) in [6.07, 6.45) is 0.812. The number of benzene rings is 1. The van der Waals surface area contributed by atoms with Crippen molar-refractivity contribution in [3.63, 3.8) is 0 Å². The Balaban J connectivity index is 2.41. The van der Waals surface area contributed by atoms with Gasteiger partial charge in [0.25, 0.3) is 0 Å². The standard InChI is InChI=1S/C16H19F2N3/c1-9(8-19)6-13-10(2)20-16(21-11(13)3)12-4-5-14(17)15(18)7-12/h4-5,7,9H,6,8,19H2,1-3H3. The van der Waals surface area contributed by atoms with E-state index in [1.54, 1.807) is 0 Å². The predicted molar refractivity (Wildman–Crippen MR) is 78.8 cm³/mol. The average molecular weight is 291 g/mol. The molecule has 0 aliphatic carbocycles. The third-order valence-electron chi connectivity index (χ3n) is 3.55. The van der Waals surface area contributed by atoms with Gasteiger partial charge >= 0.3 is 0 Å². The van der Waals surface area contributed by atoms with Crippen molar-refractivity contribution < 1.29 is 8.78 Å². The van der Waals surface area contributed by atoms with E-state index in [1.807, 2.05) is 13.8 Å². The molecule has 0 amide bonds. The molecule has 112 valence electrons. The van der Waals surface area contributed by atoms with Crippen LogP contribution in [0.15, 0.2) is 18.2 Å². The summed E-state index contributed by atoms with van der Waals surface area (Å²) in [4.78, 5) is 8.84. The smallest absolute Gasteiger partial charge is 0.159 e. The molecule has 21 heavy (non-hydrogen) atoms. The summed E-state index contributed by atoms with van der Waals surface area (Å²) in [7, 11) is 0. The van der Waals surface area contributed by atoms with Crippen LogP contribution < -0.4 is 5.73 Å². The van der Waals surface area contributed by atoms with Crippen LogP contribution in [0.3, 0.4) is 0 Å². The molecule has 1 unspecified atom stereocenters. The number of rotatable bonds is 4. The van der Waals surface area contributed by atoms with E-state index in [0.717, 1.165) is 35.5 Å². The number of hydrogen-bond donors (Lipinski definition) is 1. The van der Waals surface area contributed by atoms with Gasteiger partial charge in [-0.15, -0.1) is 0 Å². The minimum atomic E-state index is -0.896. The highest BCUT2D eigenvalue weighted by Crippen LogP contribution is 2.22. The molecule has 0 bridgehead atoms. The van der Waals surface area contributed by atoms with E-state index in [2.05, 4.69) is 16.9 Å². The van der Waals surface area contributed by atoms with E-state index in [-0.39, 0.29) is 0 Å². The maximum absolute atomic E-state index is 13.3. The first-order chi connectivity index (χ1) is 9.92. The summed E-state index contributed by atoms with van der Waals surface area (Å²) in [6.45, 7) is 6.47. The number of hydrogen-bond acceptors (Lipinski definition) is 3. The number of aryl methyl sites for hydroxylation is 2. The highest BCUT2D eigenvalue weighted by atomic mass is 19.2. The molecule has 0 aliphatic rings. The molecule has 0 saturated heterocycles. The Kier molecular flexibility index (Phi) is 4.63. The molecule has 2 aromatic rings. The van der Waals surface area contributed by atoms with E-state index >= 15 is 0 Å². The van der Waals surface area contributed by atoms with Crippen LogP contribution in [0.1, 0.15) is 23.9 Å². The quantitative estimate of drug-likeness (QED) is 0.941. The first-order valence-corrected chi connectivity index (χ1v) is 6.92. The second-order valence-electron chi connectivity index (χ2n) is 5.37. The number of nitrogens with zero attached hydrogens (tertiary/aromatic N) is 2. The molecule has 0 aliphatic heterocycles. The Hall–Kier alpha value is -1.88. The van der Waals surface area contributed by atoms with Gasteiger partial charge in [0.05, 0.1) is 0 Å². The van der Waals surface area contributed by atoms with Crippen molar-refractivity contribution in [1.29, 1.82) is 0 Å². The fourth-order valence-electron chi connectivity index (χ4n) is 2.23. The fraction of sp³-hybridized carbons (Fsp3) is 0.375. The summed E-state index contributed by atoms with van der Waals surface area (Å²) in [5.74, 6) is -1.01. The van der Waals surface area contributed by atoms with Crippen LogP contribution in [0, 0.1) is 31.4 Å². The minimum Gasteiger partial charge on any atom is -0.330 e. The highest BCUT2D eigenvalue weighted by Gasteiger charge is 2.13. The van der Waals surface area contributed by atoms with Gasteiger partial charge in [-0.25, -0.2) is 18.7 Å². The molecule has 0 fully saturated rings. The molecule has 2 rings (SSSR count). The average Bonchev–Trinajstić information content (AvgIpc) is 2.45. The molecule has 0 spiro atoms. The molecular formula is C16H19F2N3. The normalized spacial score (nSPS) is 12.5. The summed E-state index contributed by atoms with van der Waals surface area (Å²) in [5.41, 5.74) is 8.89. The molecule has 1 aromatic heterocycles. The van der Waals surface area contributed by atoms with E-state index in [9.17, 15) is 8.78 Å². The topological polar surface area (TPSA) is 51.8 Å². The van der Waals surface area contributed by atoms with Crippen LogP contribution >= 0.6 is 0 Å². The summed E-state index contributed by atoms with van der Waals surface area (Å²) in [6, 6.07) is 3.68. The van der Waals surface area contributed by atoms with Crippen molar-refractivity contribution in [1.82, 2.24) is 9.97 Å². The van der Waals surface area contributed by atoms with Crippen molar-refractivity contribution >= 4 is 0 Å². The van der Waals surface area contributed by atoms with Crippen molar-refractivity contribution in [2.75, 3.05) is 6.54 Å². The first-order valence-electron chi connectivity index (χ1n) is 6.92. The predicted octanol–water partition coefficient (Wildman–Crippen LogP) is 3.18. The molecule has 1 heterocycles. The van der Waals surface area contributed by atoms with E-state index in [4.69, 9.17) is 5.73 Å². The molecule has 5 heteroatoms. The van der Waals surface area contributed by atoms with Gasteiger partial charge in [0.15, 0.2) is 17.5 Å². The SMILES string of the molecule is Cc1nc(-c2ccc(F)c(F)c2)nc(C)c1CC(C)CN. The Bertz CT molecular complexity index is 633. The Labute approximate surface area is 123 Å². The molecule has 1 aromatic carbocycles. The molecular weight excluding hydrogens is 272 g/mol. The van der Waals surface area contributed by atoms with E-state index in [0.29, 0.717) is 23.9 Å². The van der Waals surface area contributed by atoms with Crippen LogP contribution in [0.25, 0.3) is 11.4 Å². The number of halogens is 2. The lowest BCUT2D eigenvalue weighted by molar-refractivity contribution is 0.509. The van der Waals surface area contributed by atoms with Gasteiger partial charge in [-0.3, -0.25) is 0 Å². The fourth-order valence-corrected chi connectivity index (χ4v) is 2.23. The largest absolute Gasteiger partial charge is 0.330 e. The Morgan fingerprint density at radius 3 is 2.24 bits per heavy atom. The monoisotopic (exact) mass is 291 g/mol. The highest BCUT2D eigenvalue weighted by molar-refractivity contribution is 5.56. The lowest BCUT2D eigenvalue weighted by atomic mass is 9.99. The van der Waals surface area contributed by atoms with Gasteiger partial charge < -0.3 is 5.73 Å². The van der Waals surface area contributed by atoms with Gasteiger partial charge in [-0.05, 0) is 56.5 Å². The summed E-state index contributed by atoms with van der Waals surface area (Å²) < 4.78 is 26.3.